The van der Waals surface area contributed by atoms with Crippen LogP contribution in [0.25, 0.3) is 0 Å². The van der Waals surface area contributed by atoms with Gasteiger partial charge in [0.2, 0.25) is 6.23 Å². The highest BCUT2D eigenvalue weighted by molar-refractivity contribution is 6.09. The van der Waals surface area contributed by atoms with Gasteiger partial charge in [-0.15, -0.1) is 4.91 Å². The molecule has 0 fully saturated rings. The zero-order valence-corrected chi connectivity index (χ0v) is 11.2. The topological polar surface area (TPSA) is 55.7 Å². The van der Waals surface area contributed by atoms with Crippen LogP contribution >= 0.6 is 0 Å². The first kappa shape index (κ1) is 14.1. The summed E-state index contributed by atoms with van der Waals surface area (Å²) >= 11 is 0. The number of rotatable bonds is 6. The van der Waals surface area contributed by atoms with E-state index in [-0.39, 0.29) is 5.78 Å². The molecular weight excluding hydrogens is 254 g/mol. The van der Waals surface area contributed by atoms with E-state index < -0.39 is 6.23 Å². The minimum Gasteiger partial charge on any atom is -0.350 e. The van der Waals surface area contributed by atoms with E-state index in [2.05, 4.69) is 5.18 Å². The Morgan fingerprint density at radius 1 is 1.10 bits per heavy atom. The molecule has 0 N–H and O–H groups in total. The van der Waals surface area contributed by atoms with Gasteiger partial charge >= 0.3 is 0 Å². The molecule has 102 valence electrons. The average molecular weight is 269 g/mol. The molecule has 0 aromatic heterocycles. The van der Waals surface area contributed by atoms with Crippen LogP contribution in [0.15, 0.2) is 59.8 Å². The second-order valence-electron chi connectivity index (χ2n) is 4.20. The molecule has 0 saturated carbocycles. The average Bonchev–Trinajstić information content (AvgIpc) is 2.53. The Labute approximate surface area is 117 Å². The van der Waals surface area contributed by atoms with Gasteiger partial charge in [0.1, 0.15) is 0 Å². The molecule has 2 aromatic rings. The number of nitrogens with zero attached hydrogens (tertiary/aromatic N) is 1. The predicted octanol–water partition coefficient (Wildman–Crippen LogP) is 3.72. The molecule has 0 aliphatic rings. The fraction of sp³-hybridized carbons (Fsp3) is 0.188. The maximum absolute atomic E-state index is 12.5. The predicted molar refractivity (Wildman–Crippen MR) is 76.5 cm³/mol. The van der Waals surface area contributed by atoms with Gasteiger partial charge in [0.25, 0.3) is 0 Å². The first-order valence-corrected chi connectivity index (χ1v) is 6.40. The highest BCUT2D eigenvalue weighted by Gasteiger charge is 2.20. The Balaban J connectivity index is 2.42. The van der Waals surface area contributed by atoms with Crippen LogP contribution in [0.2, 0.25) is 0 Å². The summed E-state index contributed by atoms with van der Waals surface area (Å²) in [6.45, 7) is 2.13. The molecule has 2 aromatic carbocycles. The molecule has 20 heavy (non-hydrogen) atoms. The van der Waals surface area contributed by atoms with Crippen LogP contribution in [0, 0.1) is 4.91 Å². The van der Waals surface area contributed by atoms with Gasteiger partial charge in [-0.1, -0.05) is 54.6 Å². The lowest BCUT2D eigenvalue weighted by atomic mass is 9.97. The first-order chi connectivity index (χ1) is 9.77. The Morgan fingerprint density at radius 2 is 1.75 bits per heavy atom. The van der Waals surface area contributed by atoms with E-state index in [1.165, 1.54) is 0 Å². The zero-order valence-electron chi connectivity index (χ0n) is 11.2. The van der Waals surface area contributed by atoms with Crippen molar-refractivity contribution in [3.8, 4) is 0 Å². The van der Waals surface area contributed by atoms with Gasteiger partial charge in [-0.2, -0.15) is 0 Å². The van der Waals surface area contributed by atoms with E-state index in [1.54, 1.807) is 55.5 Å². The van der Waals surface area contributed by atoms with Crippen LogP contribution in [0.3, 0.4) is 0 Å². The lowest BCUT2D eigenvalue weighted by Gasteiger charge is -2.13. The third kappa shape index (κ3) is 2.97. The Bertz CT molecular complexity index is 596. The van der Waals surface area contributed by atoms with Gasteiger partial charge in [-0.3, -0.25) is 4.79 Å². The summed E-state index contributed by atoms with van der Waals surface area (Å²) in [5, 5.41) is 2.96. The number of hydrogen-bond acceptors (Lipinski definition) is 4. The largest absolute Gasteiger partial charge is 0.350 e. The summed E-state index contributed by atoms with van der Waals surface area (Å²) in [6.07, 6.45) is -0.955. The standard InChI is InChI=1S/C16H15NO3/c1-2-20-16(17-19)14-11-7-6-10-13(14)15(18)12-8-4-3-5-9-12/h3-11,16H,2H2,1H3. The van der Waals surface area contributed by atoms with E-state index in [9.17, 15) is 9.70 Å². The highest BCUT2D eigenvalue weighted by Crippen LogP contribution is 2.24. The monoisotopic (exact) mass is 269 g/mol. The van der Waals surface area contributed by atoms with Crippen molar-refractivity contribution >= 4 is 5.78 Å². The van der Waals surface area contributed by atoms with Crippen LogP contribution < -0.4 is 0 Å². The third-order valence-corrected chi connectivity index (χ3v) is 2.93. The summed E-state index contributed by atoms with van der Waals surface area (Å²) < 4.78 is 5.27. The highest BCUT2D eigenvalue weighted by atomic mass is 16.5. The molecule has 0 aliphatic heterocycles. The minimum atomic E-state index is -0.955. The molecule has 0 aliphatic carbocycles. The SMILES string of the molecule is CCOC(N=O)c1ccccc1C(=O)c1ccccc1. The number of benzene rings is 2. The fourth-order valence-electron chi connectivity index (χ4n) is 2.00. The summed E-state index contributed by atoms with van der Waals surface area (Å²) in [6, 6.07) is 15.8. The summed E-state index contributed by atoms with van der Waals surface area (Å²) in [4.78, 5) is 23.4. The zero-order chi connectivity index (χ0) is 14.4. The normalized spacial score (nSPS) is 11.8. The fourth-order valence-corrected chi connectivity index (χ4v) is 2.00. The quantitative estimate of drug-likeness (QED) is 0.593. The molecule has 4 heteroatoms. The molecule has 0 radical (unpaired) electrons. The number of carbonyl (C=O) groups excluding carboxylic acids is 1. The smallest absolute Gasteiger partial charge is 0.216 e. The van der Waals surface area contributed by atoms with Gasteiger partial charge in [0, 0.05) is 23.3 Å². The second-order valence-corrected chi connectivity index (χ2v) is 4.20. The van der Waals surface area contributed by atoms with Gasteiger partial charge in [0.15, 0.2) is 5.78 Å². The van der Waals surface area contributed by atoms with Crippen molar-refractivity contribution in [3.05, 3.63) is 76.2 Å². The number of ether oxygens (including phenoxy) is 1. The second kappa shape index (κ2) is 6.73. The molecular formula is C16H15NO3. The number of hydrogen-bond donors (Lipinski definition) is 0. The number of nitroso groups, excluding NO2 is 1. The Morgan fingerprint density at radius 3 is 2.40 bits per heavy atom. The Kier molecular flexibility index (Phi) is 4.74. The van der Waals surface area contributed by atoms with Crippen LogP contribution in [0.4, 0.5) is 0 Å². The van der Waals surface area contributed by atoms with Crippen molar-refractivity contribution in [2.24, 2.45) is 5.18 Å². The van der Waals surface area contributed by atoms with E-state index in [0.717, 1.165) is 0 Å². The molecule has 0 bridgehead atoms. The maximum atomic E-state index is 12.5. The van der Waals surface area contributed by atoms with Crippen LogP contribution in [0.5, 0.6) is 0 Å². The summed E-state index contributed by atoms with van der Waals surface area (Å²) in [7, 11) is 0. The summed E-state index contributed by atoms with van der Waals surface area (Å²) in [5.74, 6) is -0.144. The molecule has 1 unspecified atom stereocenters. The number of ketones is 1. The third-order valence-electron chi connectivity index (χ3n) is 2.93. The van der Waals surface area contributed by atoms with Gasteiger partial charge < -0.3 is 4.74 Å². The van der Waals surface area contributed by atoms with E-state index >= 15 is 0 Å². The van der Waals surface area contributed by atoms with Gasteiger partial charge in [-0.25, -0.2) is 0 Å². The molecule has 0 heterocycles. The minimum absolute atomic E-state index is 0.144. The van der Waals surface area contributed by atoms with Crippen LogP contribution in [-0.4, -0.2) is 12.4 Å². The molecule has 1 atom stereocenters. The van der Waals surface area contributed by atoms with Crippen molar-refractivity contribution in [2.75, 3.05) is 6.61 Å². The molecule has 4 nitrogen and oxygen atoms in total. The van der Waals surface area contributed by atoms with E-state index in [0.29, 0.717) is 23.3 Å². The molecule has 0 amide bonds. The molecule has 0 saturated heterocycles. The Hall–Kier alpha value is -2.33. The molecule has 2 rings (SSSR count). The van der Waals surface area contributed by atoms with Crippen LogP contribution in [-0.2, 0) is 4.74 Å². The lowest BCUT2D eigenvalue weighted by Crippen LogP contribution is -2.10. The first-order valence-electron chi connectivity index (χ1n) is 6.40. The van der Waals surface area contributed by atoms with Gasteiger partial charge in [-0.05, 0) is 12.1 Å². The molecule has 0 spiro atoms. The van der Waals surface area contributed by atoms with E-state index in [4.69, 9.17) is 4.74 Å². The van der Waals surface area contributed by atoms with Crippen molar-refractivity contribution in [1.29, 1.82) is 0 Å². The summed E-state index contributed by atoms with van der Waals surface area (Å²) in [5.41, 5.74) is 1.51. The van der Waals surface area contributed by atoms with Crippen molar-refractivity contribution in [3.63, 3.8) is 0 Å². The van der Waals surface area contributed by atoms with Crippen molar-refractivity contribution < 1.29 is 9.53 Å². The maximum Gasteiger partial charge on any atom is 0.216 e. The van der Waals surface area contributed by atoms with E-state index in [1.807, 2.05) is 6.07 Å². The van der Waals surface area contributed by atoms with Crippen molar-refractivity contribution in [1.82, 2.24) is 0 Å². The lowest BCUT2D eigenvalue weighted by molar-refractivity contribution is 0.0668. The van der Waals surface area contributed by atoms with Gasteiger partial charge in [0.05, 0.1) is 0 Å². The number of carbonyl (C=O) groups is 1. The van der Waals surface area contributed by atoms with Crippen molar-refractivity contribution in [2.45, 2.75) is 13.2 Å². The van der Waals surface area contributed by atoms with Crippen LogP contribution in [0.1, 0.15) is 34.6 Å².